The van der Waals surface area contributed by atoms with E-state index in [-0.39, 0.29) is 24.5 Å². The molecule has 1 fully saturated rings. The molecule has 108 valence electrons. The van der Waals surface area contributed by atoms with E-state index < -0.39 is 0 Å². The molecule has 0 unspecified atom stereocenters. The number of carbonyl (C=O) groups excluding carboxylic acids is 2. The van der Waals surface area contributed by atoms with E-state index >= 15 is 0 Å². The molecule has 0 aliphatic carbocycles. The second-order valence-electron chi connectivity index (χ2n) is 4.99. The van der Waals surface area contributed by atoms with Crippen LogP contribution < -0.4 is 10.6 Å². The molecule has 1 heterocycles. The summed E-state index contributed by atoms with van der Waals surface area (Å²) in [6, 6.07) is 7.22. The second kappa shape index (κ2) is 7.05. The largest absolute Gasteiger partial charge is 0.376 e. The number of carbonyl (C=O) groups is 2. The Hall–Kier alpha value is -1.88. The van der Waals surface area contributed by atoms with E-state index in [1.807, 2.05) is 19.1 Å². The summed E-state index contributed by atoms with van der Waals surface area (Å²) in [6.45, 7) is 3.23. The van der Waals surface area contributed by atoms with Gasteiger partial charge in [0.15, 0.2) is 0 Å². The van der Waals surface area contributed by atoms with Gasteiger partial charge in [-0.05, 0) is 31.9 Å². The lowest BCUT2D eigenvalue weighted by molar-refractivity contribution is -0.120. The van der Waals surface area contributed by atoms with Gasteiger partial charge in [0.25, 0.3) is 5.91 Å². The molecular formula is C15H20N2O3. The van der Waals surface area contributed by atoms with Gasteiger partial charge in [0, 0.05) is 18.7 Å². The molecule has 5 nitrogen and oxygen atoms in total. The minimum absolute atomic E-state index is 0.0145. The normalized spacial score (nSPS) is 17.8. The van der Waals surface area contributed by atoms with Gasteiger partial charge >= 0.3 is 0 Å². The highest BCUT2D eigenvalue weighted by Gasteiger charge is 2.16. The summed E-state index contributed by atoms with van der Waals surface area (Å²) >= 11 is 0. The lowest BCUT2D eigenvalue weighted by Gasteiger charge is -2.11. The van der Waals surface area contributed by atoms with Crippen molar-refractivity contribution in [1.82, 2.24) is 10.6 Å². The summed E-state index contributed by atoms with van der Waals surface area (Å²) in [5, 5.41) is 5.36. The molecule has 0 spiro atoms. The van der Waals surface area contributed by atoms with Crippen LogP contribution in [0.15, 0.2) is 24.3 Å². The summed E-state index contributed by atoms with van der Waals surface area (Å²) in [7, 11) is 0. The first-order valence-corrected chi connectivity index (χ1v) is 6.88. The van der Waals surface area contributed by atoms with Gasteiger partial charge in [0.1, 0.15) is 0 Å². The fourth-order valence-electron chi connectivity index (χ4n) is 2.06. The third-order valence-corrected chi connectivity index (χ3v) is 3.27. The van der Waals surface area contributed by atoms with E-state index in [4.69, 9.17) is 4.74 Å². The van der Waals surface area contributed by atoms with Crippen LogP contribution in [0.5, 0.6) is 0 Å². The Balaban J connectivity index is 1.69. The van der Waals surface area contributed by atoms with E-state index in [9.17, 15) is 9.59 Å². The molecule has 0 saturated carbocycles. The number of nitrogens with one attached hydrogen (secondary N) is 2. The van der Waals surface area contributed by atoms with Gasteiger partial charge in [0.2, 0.25) is 5.91 Å². The minimum Gasteiger partial charge on any atom is -0.376 e. The van der Waals surface area contributed by atoms with Gasteiger partial charge in [-0.2, -0.15) is 0 Å². The predicted molar refractivity (Wildman–Crippen MR) is 75.5 cm³/mol. The Bertz CT molecular complexity index is 465. The van der Waals surface area contributed by atoms with E-state index in [2.05, 4.69) is 10.6 Å². The number of aryl methyl sites for hydroxylation is 1. The summed E-state index contributed by atoms with van der Waals surface area (Å²) in [4.78, 5) is 23.4. The van der Waals surface area contributed by atoms with Crippen molar-refractivity contribution in [2.75, 3.05) is 19.7 Å². The summed E-state index contributed by atoms with van der Waals surface area (Å²) in [5.74, 6) is -0.432. The quantitative estimate of drug-likeness (QED) is 0.843. The molecule has 2 N–H and O–H groups in total. The highest BCUT2D eigenvalue weighted by atomic mass is 16.5. The van der Waals surface area contributed by atoms with Crippen molar-refractivity contribution in [3.63, 3.8) is 0 Å². The first kappa shape index (κ1) is 14.5. The number of rotatable bonds is 5. The molecule has 1 aliphatic rings. The first-order chi connectivity index (χ1) is 9.65. The van der Waals surface area contributed by atoms with E-state index in [0.717, 1.165) is 25.0 Å². The Morgan fingerprint density at radius 3 is 2.65 bits per heavy atom. The molecule has 2 amide bonds. The lowest BCUT2D eigenvalue weighted by Crippen LogP contribution is -2.39. The molecule has 1 aliphatic heterocycles. The zero-order valence-electron chi connectivity index (χ0n) is 11.6. The fourth-order valence-corrected chi connectivity index (χ4v) is 2.06. The van der Waals surface area contributed by atoms with Gasteiger partial charge in [-0.15, -0.1) is 0 Å². The van der Waals surface area contributed by atoms with E-state index in [1.165, 1.54) is 0 Å². The molecule has 1 aromatic rings. The Kier molecular flexibility index (Phi) is 5.12. The standard InChI is InChI=1S/C15H20N2O3/c1-11-4-6-12(7-5-11)15(19)17-10-14(18)16-9-13-3-2-8-20-13/h4-7,13H,2-3,8-10H2,1H3,(H,16,18)(H,17,19)/t13-/m0/s1. The lowest BCUT2D eigenvalue weighted by atomic mass is 10.1. The number of benzene rings is 1. The molecule has 0 radical (unpaired) electrons. The van der Waals surface area contributed by atoms with Crippen LogP contribution in [0.4, 0.5) is 0 Å². The highest BCUT2D eigenvalue weighted by molar-refractivity contribution is 5.96. The Labute approximate surface area is 118 Å². The van der Waals surface area contributed by atoms with Gasteiger partial charge in [0.05, 0.1) is 12.6 Å². The summed E-state index contributed by atoms with van der Waals surface area (Å²) in [6.07, 6.45) is 2.15. The van der Waals surface area contributed by atoms with Crippen molar-refractivity contribution in [2.45, 2.75) is 25.9 Å². The molecular weight excluding hydrogens is 256 g/mol. The maximum Gasteiger partial charge on any atom is 0.251 e. The third kappa shape index (κ3) is 4.35. The highest BCUT2D eigenvalue weighted by Crippen LogP contribution is 2.10. The molecule has 2 rings (SSSR count). The topological polar surface area (TPSA) is 67.4 Å². The molecule has 20 heavy (non-hydrogen) atoms. The van der Waals surface area contributed by atoms with Crippen LogP contribution in [0.1, 0.15) is 28.8 Å². The molecule has 1 saturated heterocycles. The SMILES string of the molecule is Cc1ccc(C(=O)NCC(=O)NC[C@@H]2CCCO2)cc1. The number of ether oxygens (including phenoxy) is 1. The van der Waals surface area contributed by atoms with Gasteiger partial charge in [-0.25, -0.2) is 0 Å². The molecule has 0 aromatic heterocycles. The van der Waals surface area contributed by atoms with Crippen molar-refractivity contribution in [3.05, 3.63) is 35.4 Å². The molecule has 5 heteroatoms. The Morgan fingerprint density at radius 1 is 1.25 bits per heavy atom. The predicted octanol–water partition coefficient (Wildman–Crippen LogP) is 1.02. The van der Waals surface area contributed by atoms with Crippen LogP contribution in [0.3, 0.4) is 0 Å². The van der Waals surface area contributed by atoms with Gasteiger partial charge in [-0.1, -0.05) is 17.7 Å². The van der Waals surface area contributed by atoms with Gasteiger partial charge in [-0.3, -0.25) is 9.59 Å². The van der Waals surface area contributed by atoms with Crippen LogP contribution >= 0.6 is 0 Å². The van der Waals surface area contributed by atoms with Crippen LogP contribution in [0.25, 0.3) is 0 Å². The first-order valence-electron chi connectivity index (χ1n) is 6.88. The second-order valence-corrected chi connectivity index (χ2v) is 4.99. The van der Waals surface area contributed by atoms with Crippen LogP contribution in [0.2, 0.25) is 0 Å². The van der Waals surface area contributed by atoms with Gasteiger partial charge < -0.3 is 15.4 Å². The molecule has 0 bridgehead atoms. The molecule has 1 atom stereocenters. The van der Waals surface area contributed by atoms with Crippen molar-refractivity contribution in [1.29, 1.82) is 0 Å². The Morgan fingerprint density at radius 2 is 2.00 bits per heavy atom. The summed E-state index contributed by atoms with van der Waals surface area (Å²) in [5.41, 5.74) is 1.65. The van der Waals surface area contributed by atoms with E-state index in [0.29, 0.717) is 12.1 Å². The zero-order valence-corrected chi connectivity index (χ0v) is 11.6. The maximum atomic E-state index is 11.8. The fraction of sp³-hybridized carbons (Fsp3) is 0.467. The van der Waals surface area contributed by atoms with Crippen LogP contribution in [0, 0.1) is 6.92 Å². The van der Waals surface area contributed by atoms with Crippen LogP contribution in [-0.2, 0) is 9.53 Å². The molecule has 1 aromatic carbocycles. The van der Waals surface area contributed by atoms with Crippen molar-refractivity contribution < 1.29 is 14.3 Å². The monoisotopic (exact) mass is 276 g/mol. The van der Waals surface area contributed by atoms with Crippen LogP contribution in [-0.4, -0.2) is 37.6 Å². The number of amides is 2. The number of hydrogen-bond donors (Lipinski definition) is 2. The van der Waals surface area contributed by atoms with Crippen molar-refractivity contribution in [3.8, 4) is 0 Å². The van der Waals surface area contributed by atoms with Crippen molar-refractivity contribution in [2.24, 2.45) is 0 Å². The van der Waals surface area contributed by atoms with Crippen molar-refractivity contribution >= 4 is 11.8 Å². The zero-order chi connectivity index (χ0) is 14.4. The third-order valence-electron chi connectivity index (χ3n) is 3.27. The van der Waals surface area contributed by atoms with E-state index in [1.54, 1.807) is 12.1 Å². The average molecular weight is 276 g/mol. The smallest absolute Gasteiger partial charge is 0.251 e. The summed E-state index contributed by atoms with van der Waals surface area (Å²) < 4.78 is 5.41. The maximum absolute atomic E-state index is 11.8. The average Bonchev–Trinajstić information content (AvgIpc) is 2.96. The minimum atomic E-state index is -0.239. The number of hydrogen-bond acceptors (Lipinski definition) is 3.